The summed E-state index contributed by atoms with van der Waals surface area (Å²) in [5, 5.41) is 14.3. The molecule has 6 nitrogen and oxygen atoms in total. The number of benzene rings is 2. The second kappa shape index (κ2) is 14.4. The van der Waals surface area contributed by atoms with Crippen molar-refractivity contribution in [3.05, 3.63) is 59.7 Å². The van der Waals surface area contributed by atoms with E-state index in [0.29, 0.717) is 12.8 Å². The molecule has 0 amide bonds. The van der Waals surface area contributed by atoms with Crippen molar-refractivity contribution in [1.82, 2.24) is 0 Å². The average Bonchev–Trinajstić information content (AvgIpc) is 2.73. The molecule has 194 valence electrons. The number of ether oxygens (including phenoxy) is 2. The van der Waals surface area contributed by atoms with Crippen LogP contribution in [0.4, 0.5) is 0 Å². The monoisotopic (exact) mass is 482 g/mol. The third kappa shape index (κ3) is 14.8. The first-order valence-corrected chi connectivity index (χ1v) is 12.4. The largest absolute Gasteiger partial charge is 0.497 e. The maximum atomic E-state index is 7.22. The number of nitrogens with two attached hydrogens (primary N) is 2. The Hall–Kier alpha value is -3.02. The van der Waals surface area contributed by atoms with Gasteiger partial charge in [-0.25, -0.2) is 0 Å². The van der Waals surface area contributed by atoms with Crippen LogP contribution in [0.25, 0.3) is 0 Å². The third-order valence-electron chi connectivity index (χ3n) is 5.26. The van der Waals surface area contributed by atoms with E-state index in [1.807, 2.05) is 36.4 Å². The van der Waals surface area contributed by atoms with E-state index in [1.54, 1.807) is 7.11 Å². The summed E-state index contributed by atoms with van der Waals surface area (Å²) in [6, 6.07) is 16.2. The Morgan fingerprint density at radius 1 is 0.714 bits per heavy atom. The molecule has 6 heteroatoms. The lowest BCUT2D eigenvalue weighted by Gasteiger charge is -2.33. The highest BCUT2D eigenvalue weighted by Gasteiger charge is 2.27. The van der Waals surface area contributed by atoms with E-state index in [9.17, 15) is 0 Å². The minimum atomic E-state index is -0.172. The van der Waals surface area contributed by atoms with E-state index in [1.165, 1.54) is 11.1 Å². The number of hydrogen-bond donors (Lipinski definition) is 4. The molecular weight excluding hydrogens is 436 g/mol. The van der Waals surface area contributed by atoms with E-state index in [2.05, 4.69) is 46.8 Å². The number of rotatable bonds is 12. The zero-order valence-electron chi connectivity index (χ0n) is 22.5. The molecular formula is C29H46N4O2. The molecule has 0 heterocycles. The van der Waals surface area contributed by atoms with E-state index in [4.69, 9.17) is 31.8 Å². The Morgan fingerprint density at radius 3 is 1.46 bits per heavy atom. The second-order valence-corrected chi connectivity index (χ2v) is 10.8. The minimum Gasteiger partial charge on any atom is -0.497 e. The molecule has 35 heavy (non-hydrogen) atoms. The molecule has 0 aliphatic rings. The van der Waals surface area contributed by atoms with Crippen LogP contribution in [0.2, 0.25) is 0 Å². The van der Waals surface area contributed by atoms with Crippen LogP contribution in [0.3, 0.4) is 0 Å². The van der Waals surface area contributed by atoms with Gasteiger partial charge in [-0.3, -0.25) is 10.8 Å². The van der Waals surface area contributed by atoms with E-state index < -0.39 is 0 Å². The molecule has 0 saturated heterocycles. The summed E-state index contributed by atoms with van der Waals surface area (Å²) in [4.78, 5) is 0. The van der Waals surface area contributed by atoms with Gasteiger partial charge in [0.2, 0.25) is 0 Å². The van der Waals surface area contributed by atoms with Gasteiger partial charge in [-0.1, -0.05) is 45.0 Å². The van der Waals surface area contributed by atoms with Crippen molar-refractivity contribution in [2.75, 3.05) is 7.11 Å². The highest BCUT2D eigenvalue weighted by Crippen LogP contribution is 2.31. The molecule has 0 aliphatic heterocycles. The molecule has 2 rings (SSSR count). The zero-order chi connectivity index (χ0) is 26.5. The average molecular weight is 483 g/mol. The van der Waals surface area contributed by atoms with Gasteiger partial charge in [0.05, 0.1) is 18.8 Å². The summed E-state index contributed by atoms with van der Waals surface area (Å²) >= 11 is 0. The van der Waals surface area contributed by atoms with Crippen molar-refractivity contribution in [3.8, 4) is 11.5 Å². The van der Waals surface area contributed by atoms with Crippen molar-refractivity contribution in [1.29, 1.82) is 10.8 Å². The quantitative estimate of drug-likeness (QED) is 0.204. The van der Waals surface area contributed by atoms with Gasteiger partial charge in [-0.2, -0.15) is 0 Å². The smallest absolute Gasteiger partial charge is 0.120 e. The highest BCUT2D eigenvalue weighted by atomic mass is 16.5. The SMILES string of the molecule is CC(C)(C)CC(C)(C)Oc1ccc(CCCC(=N)N)cc1.COc1ccc(CCCC(=N)N)cc1. The van der Waals surface area contributed by atoms with E-state index in [0.717, 1.165) is 43.6 Å². The number of hydrogen-bond acceptors (Lipinski definition) is 4. The van der Waals surface area contributed by atoms with Gasteiger partial charge in [0.1, 0.15) is 17.1 Å². The van der Waals surface area contributed by atoms with Crippen LogP contribution < -0.4 is 20.9 Å². The first-order chi connectivity index (χ1) is 16.3. The molecule has 0 radical (unpaired) electrons. The number of methoxy groups -OCH3 is 1. The van der Waals surface area contributed by atoms with Crippen molar-refractivity contribution >= 4 is 11.7 Å². The lowest BCUT2D eigenvalue weighted by Crippen LogP contribution is -2.33. The Kier molecular flexibility index (Phi) is 12.3. The molecule has 0 unspecified atom stereocenters. The van der Waals surface area contributed by atoms with Crippen molar-refractivity contribution in [2.24, 2.45) is 16.9 Å². The summed E-state index contributed by atoms with van der Waals surface area (Å²) in [7, 11) is 1.66. The lowest BCUT2D eigenvalue weighted by molar-refractivity contribution is 0.0622. The zero-order valence-corrected chi connectivity index (χ0v) is 22.5. The molecule has 0 atom stereocenters. The Morgan fingerprint density at radius 2 is 1.11 bits per heavy atom. The van der Waals surface area contributed by atoms with Crippen molar-refractivity contribution < 1.29 is 9.47 Å². The predicted octanol–water partition coefficient (Wildman–Crippen LogP) is 6.49. The second-order valence-electron chi connectivity index (χ2n) is 10.8. The van der Waals surface area contributed by atoms with Gasteiger partial charge >= 0.3 is 0 Å². The maximum absolute atomic E-state index is 7.22. The van der Waals surface area contributed by atoms with Crippen LogP contribution >= 0.6 is 0 Å². The van der Waals surface area contributed by atoms with Crippen LogP contribution in [-0.4, -0.2) is 24.4 Å². The van der Waals surface area contributed by atoms with Gasteiger partial charge in [-0.15, -0.1) is 0 Å². The van der Waals surface area contributed by atoms with Crippen molar-refractivity contribution in [2.45, 2.75) is 85.2 Å². The van der Waals surface area contributed by atoms with Crippen LogP contribution in [0.5, 0.6) is 11.5 Å². The van der Waals surface area contributed by atoms with Gasteiger partial charge < -0.3 is 20.9 Å². The van der Waals surface area contributed by atoms with E-state index >= 15 is 0 Å². The first-order valence-electron chi connectivity index (χ1n) is 12.4. The molecule has 2 aromatic rings. The van der Waals surface area contributed by atoms with E-state index in [-0.39, 0.29) is 22.7 Å². The normalized spacial score (nSPS) is 11.3. The van der Waals surface area contributed by atoms with Gasteiger partial charge in [0.25, 0.3) is 0 Å². The number of nitrogens with one attached hydrogen (secondary N) is 2. The molecule has 6 N–H and O–H groups in total. The maximum Gasteiger partial charge on any atom is 0.120 e. The van der Waals surface area contributed by atoms with Crippen molar-refractivity contribution in [3.63, 3.8) is 0 Å². The number of amidine groups is 2. The molecule has 0 aliphatic carbocycles. The Bertz CT molecular complexity index is 898. The minimum absolute atomic E-state index is 0.172. The molecule has 2 aromatic carbocycles. The van der Waals surface area contributed by atoms with Crippen LogP contribution in [-0.2, 0) is 12.8 Å². The topological polar surface area (TPSA) is 118 Å². The number of aryl methyl sites for hydroxylation is 2. The van der Waals surface area contributed by atoms with Gasteiger partial charge in [0.15, 0.2) is 0 Å². The van der Waals surface area contributed by atoms with Gasteiger partial charge in [0, 0.05) is 12.8 Å². The Balaban J connectivity index is 0.000000379. The summed E-state index contributed by atoms with van der Waals surface area (Å²) in [5.41, 5.74) is 13.2. The predicted molar refractivity (Wildman–Crippen MR) is 148 cm³/mol. The summed E-state index contributed by atoms with van der Waals surface area (Å²) in [6.07, 6.45) is 6.10. The van der Waals surface area contributed by atoms with Crippen LogP contribution in [0.15, 0.2) is 48.5 Å². The van der Waals surface area contributed by atoms with Crippen LogP contribution in [0.1, 0.15) is 77.8 Å². The molecule has 0 saturated carbocycles. The lowest BCUT2D eigenvalue weighted by atomic mass is 9.83. The molecule has 0 fully saturated rings. The fraction of sp³-hybridized carbons (Fsp3) is 0.517. The Labute approximate surface area is 212 Å². The first kappa shape index (κ1) is 30.0. The van der Waals surface area contributed by atoms with Crippen LogP contribution in [0, 0.1) is 16.2 Å². The summed E-state index contributed by atoms with van der Waals surface area (Å²) in [6.45, 7) is 11.0. The summed E-state index contributed by atoms with van der Waals surface area (Å²) < 4.78 is 11.2. The third-order valence-corrected chi connectivity index (χ3v) is 5.26. The molecule has 0 aromatic heterocycles. The fourth-order valence-corrected chi connectivity index (χ4v) is 4.11. The van der Waals surface area contributed by atoms with Gasteiger partial charge in [-0.05, 0) is 86.8 Å². The molecule has 0 spiro atoms. The fourth-order valence-electron chi connectivity index (χ4n) is 4.11. The molecule has 0 bridgehead atoms. The standard InChI is InChI=1S/C18H30N2O.C11H16N2O/c1-17(2,3)13-18(4,5)21-15-11-9-14(10-12-15)7-6-8-16(19)20;1-14-10-7-5-9(6-8-10)3-2-4-11(12)13/h9-12H,6-8,13H2,1-5H3,(H3,19,20);5-8H,2-4H2,1H3,(H3,12,13). The summed E-state index contributed by atoms with van der Waals surface area (Å²) in [5.74, 6) is 2.32. The highest BCUT2D eigenvalue weighted by molar-refractivity contribution is 5.77.